The zero-order chi connectivity index (χ0) is 9.84. The normalized spacial score (nSPS) is 10.0. The van der Waals surface area contributed by atoms with Crippen LogP contribution in [0.25, 0.3) is 0 Å². The maximum Gasteiger partial charge on any atom is 0.271 e. The summed E-state index contributed by atoms with van der Waals surface area (Å²) in [5, 5.41) is 19.3. The van der Waals surface area contributed by atoms with Gasteiger partial charge in [0, 0.05) is 23.8 Å². The van der Waals surface area contributed by atoms with E-state index in [1.807, 2.05) is 0 Å². The van der Waals surface area contributed by atoms with Crippen LogP contribution in [-0.4, -0.2) is 16.6 Å². The first-order valence-electron chi connectivity index (χ1n) is 3.68. The lowest BCUT2D eigenvalue weighted by Gasteiger charge is -1.99. The predicted molar refractivity (Wildman–Crippen MR) is 48.9 cm³/mol. The molecule has 0 saturated heterocycles. The van der Waals surface area contributed by atoms with E-state index in [1.54, 1.807) is 6.07 Å². The Labute approximate surface area is 79.9 Å². The summed E-state index contributed by atoms with van der Waals surface area (Å²) in [5.41, 5.74) is 0.623. The lowest BCUT2D eigenvalue weighted by molar-refractivity contribution is -0.384. The average Bonchev–Trinajstić information content (AvgIpc) is 2.03. The molecule has 1 aromatic carbocycles. The van der Waals surface area contributed by atoms with Gasteiger partial charge in [-0.15, -0.1) is 0 Å². The average molecular weight is 202 g/mol. The highest BCUT2D eigenvalue weighted by molar-refractivity contribution is 6.30. The van der Waals surface area contributed by atoms with Gasteiger partial charge in [0.05, 0.1) is 4.92 Å². The predicted octanol–water partition coefficient (Wildman–Crippen LogP) is 1.78. The number of hydrogen-bond donors (Lipinski definition) is 1. The van der Waals surface area contributed by atoms with Crippen LogP contribution in [0.1, 0.15) is 5.56 Å². The molecule has 0 aliphatic rings. The van der Waals surface area contributed by atoms with Crippen LogP contribution in [0.3, 0.4) is 0 Å². The molecule has 4 nitrogen and oxygen atoms in total. The van der Waals surface area contributed by atoms with Crippen molar-refractivity contribution < 1.29 is 10.0 Å². The second-order valence-electron chi connectivity index (χ2n) is 2.55. The minimum atomic E-state index is -0.507. The number of aliphatic hydroxyl groups is 1. The standard InChI is InChI=1S/C8H8ClNO3/c9-7-3-6(1-2-11)4-8(5-7)10(12)13/h3-5,11H,1-2H2. The Bertz CT molecular complexity index is 327. The highest BCUT2D eigenvalue weighted by Gasteiger charge is 2.07. The molecule has 0 atom stereocenters. The number of nitro groups is 1. The number of nitro benzene ring substituents is 1. The number of non-ortho nitro benzene ring substituents is 1. The van der Waals surface area contributed by atoms with Gasteiger partial charge in [0.2, 0.25) is 0 Å². The van der Waals surface area contributed by atoms with Crippen molar-refractivity contribution in [1.82, 2.24) is 0 Å². The van der Waals surface area contributed by atoms with E-state index in [0.717, 1.165) is 0 Å². The van der Waals surface area contributed by atoms with E-state index in [1.165, 1.54) is 12.1 Å². The van der Waals surface area contributed by atoms with E-state index in [0.29, 0.717) is 17.0 Å². The van der Waals surface area contributed by atoms with Gasteiger partial charge in [0.25, 0.3) is 5.69 Å². The Morgan fingerprint density at radius 2 is 2.15 bits per heavy atom. The van der Waals surface area contributed by atoms with Crippen molar-refractivity contribution in [3.05, 3.63) is 38.9 Å². The molecule has 5 heteroatoms. The maximum absolute atomic E-state index is 10.4. The SMILES string of the molecule is O=[N+]([O-])c1cc(Cl)cc(CCO)c1. The smallest absolute Gasteiger partial charge is 0.271 e. The molecule has 0 saturated carbocycles. The van der Waals surface area contributed by atoms with Crippen molar-refractivity contribution in [2.75, 3.05) is 6.61 Å². The van der Waals surface area contributed by atoms with E-state index in [9.17, 15) is 10.1 Å². The first-order chi connectivity index (χ1) is 6.13. The maximum atomic E-state index is 10.4. The fraction of sp³-hybridized carbons (Fsp3) is 0.250. The third kappa shape index (κ3) is 2.68. The molecular formula is C8H8ClNO3. The molecule has 13 heavy (non-hydrogen) atoms. The lowest BCUT2D eigenvalue weighted by atomic mass is 10.1. The van der Waals surface area contributed by atoms with Crippen molar-refractivity contribution in [2.24, 2.45) is 0 Å². The molecule has 0 radical (unpaired) electrons. The highest BCUT2D eigenvalue weighted by Crippen LogP contribution is 2.20. The van der Waals surface area contributed by atoms with Gasteiger partial charge in [0.1, 0.15) is 0 Å². The summed E-state index contributed by atoms with van der Waals surface area (Å²) >= 11 is 5.64. The van der Waals surface area contributed by atoms with Crippen molar-refractivity contribution in [3.63, 3.8) is 0 Å². The number of rotatable bonds is 3. The summed E-state index contributed by atoms with van der Waals surface area (Å²) in [4.78, 5) is 9.89. The zero-order valence-electron chi connectivity index (χ0n) is 6.74. The largest absolute Gasteiger partial charge is 0.396 e. The van der Waals surface area contributed by atoms with Gasteiger partial charge < -0.3 is 5.11 Å². The van der Waals surface area contributed by atoms with Gasteiger partial charge in [-0.3, -0.25) is 10.1 Å². The van der Waals surface area contributed by atoms with Crippen molar-refractivity contribution >= 4 is 17.3 Å². The first-order valence-corrected chi connectivity index (χ1v) is 4.06. The van der Waals surface area contributed by atoms with Gasteiger partial charge >= 0.3 is 0 Å². The molecule has 0 unspecified atom stereocenters. The van der Waals surface area contributed by atoms with E-state index in [4.69, 9.17) is 16.7 Å². The molecule has 0 amide bonds. The van der Waals surface area contributed by atoms with Crippen LogP contribution in [0.5, 0.6) is 0 Å². The molecule has 1 N–H and O–H groups in total. The summed E-state index contributed by atoms with van der Waals surface area (Å²) in [6, 6.07) is 4.29. The summed E-state index contributed by atoms with van der Waals surface area (Å²) in [7, 11) is 0. The topological polar surface area (TPSA) is 63.4 Å². The van der Waals surface area contributed by atoms with Crippen LogP contribution < -0.4 is 0 Å². The summed E-state index contributed by atoms with van der Waals surface area (Å²) in [6.45, 7) is -0.0442. The van der Waals surface area contributed by atoms with Gasteiger partial charge in [-0.1, -0.05) is 11.6 Å². The van der Waals surface area contributed by atoms with Crippen LogP contribution in [0.15, 0.2) is 18.2 Å². The fourth-order valence-corrected chi connectivity index (χ4v) is 1.26. The zero-order valence-corrected chi connectivity index (χ0v) is 7.49. The van der Waals surface area contributed by atoms with Gasteiger partial charge in [-0.2, -0.15) is 0 Å². The van der Waals surface area contributed by atoms with Crippen LogP contribution >= 0.6 is 11.6 Å². The number of benzene rings is 1. The number of aliphatic hydroxyl groups excluding tert-OH is 1. The summed E-state index contributed by atoms with van der Waals surface area (Å²) < 4.78 is 0. The molecule has 0 aliphatic carbocycles. The number of nitrogens with zero attached hydrogens (tertiary/aromatic N) is 1. The van der Waals surface area contributed by atoms with E-state index >= 15 is 0 Å². The number of hydrogen-bond acceptors (Lipinski definition) is 3. The number of halogens is 1. The second-order valence-corrected chi connectivity index (χ2v) is 2.98. The molecule has 70 valence electrons. The molecular weight excluding hydrogens is 194 g/mol. The molecule has 1 rings (SSSR count). The lowest BCUT2D eigenvalue weighted by Crippen LogP contribution is -1.94. The van der Waals surface area contributed by atoms with Crippen molar-refractivity contribution in [1.29, 1.82) is 0 Å². The molecule has 0 bridgehead atoms. The third-order valence-electron chi connectivity index (χ3n) is 1.55. The minimum Gasteiger partial charge on any atom is -0.396 e. The van der Waals surface area contributed by atoms with Crippen LogP contribution in [0.2, 0.25) is 5.02 Å². The van der Waals surface area contributed by atoms with E-state index in [2.05, 4.69) is 0 Å². The molecule has 0 heterocycles. The Balaban J connectivity index is 3.03. The quantitative estimate of drug-likeness (QED) is 0.599. The van der Waals surface area contributed by atoms with Crippen molar-refractivity contribution in [3.8, 4) is 0 Å². The molecule has 0 aliphatic heterocycles. The highest BCUT2D eigenvalue weighted by atomic mass is 35.5. The monoisotopic (exact) mass is 201 g/mol. The Morgan fingerprint density at radius 1 is 1.46 bits per heavy atom. The van der Waals surface area contributed by atoms with Gasteiger partial charge in [-0.05, 0) is 18.1 Å². The minimum absolute atomic E-state index is 0.0442. The van der Waals surface area contributed by atoms with E-state index in [-0.39, 0.29) is 12.3 Å². The summed E-state index contributed by atoms with van der Waals surface area (Å²) in [5.74, 6) is 0. The molecule has 0 fully saturated rings. The summed E-state index contributed by atoms with van der Waals surface area (Å²) in [6.07, 6.45) is 0.376. The molecule has 0 aromatic heterocycles. The third-order valence-corrected chi connectivity index (χ3v) is 1.77. The van der Waals surface area contributed by atoms with Crippen molar-refractivity contribution in [2.45, 2.75) is 6.42 Å². The van der Waals surface area contributed by atoms with Crippen LogP contribution in [0, 0.1) is 10.1 Å². The Hall–Kier alpha value is -1.13. The van der Waals surface area contributed by atoms with Crippen LogP contribution in [0.4, 0.5) is 5.69 Å². The Morgan fingerprint density at radius 3 is 2.69 bits per heavy atom. The van der Waals surface area contributed by atoms with Gasteiger partial charge in [-0.25, -0.2) is 0 Å². The molecule has 0 spiro atoms. The fourth-order valence-electron chi connectivity index (χ4n) is 1.01. The van der Waals surface area contributed by atoms with Gasteiger partial charge in [0.15, 0.2) is 0 Å². The Kier molecular flexibility index (Phi) is 3.22. The van der Waals surface area contributed by atoms with E-state index < -0.39 is 4.92 Å². The first kappa shape index (κ1) is 9.95. The van der Waals surface area contributed by atoms with Crippen LogP contribution in [-0.2, 0) is 6.42 Å². The second kappa shape index (κ2) is 4.20. The molecule has 1 aromatic rings.